The first-order valence-electron chi connectivity index (χ1n) is 13.2. The van der Waals surface area contributed by atoms with Crippen LogP contribution in [0.2, 0.25) is 0 Å². The average Bonchev–Trinajstić information content (AvgIpc) is 3.53. The Morgan fingerprint density at radius 2 is 1.12 bits per heavy atom. The molecule has 0 N–H and O–H groups in total. The Morgan fingerprint density at radius 3 is 1.85 bits per heavy atom. The number of rotatable bonds is 2. The normalized spacial score (nSPS) is 11.4. The van der Waals surface area contributed by atoms with Crippen LogP contribution in [-0.2, 0) is 0 Å². The highest BCUT2D eigenvalue weighted by Gasteiger charge is 2.19. The third-order valence-corrected chi connectivity index (χ3v) is 7.96. The van der Waals surface area contributed by atoms with Gasteiger partial charge in [-0.15, -0.1) is 0 Å². The van der Waals surface area contributed by atoms with Crippen molar-refractivity contribution in [1.82, 2.24) is 9.13 Å². The maximum atomic E-state index is 10.0. The summed E-state index contributed by atoms with van der Waals surface area (Å²) in [6.45, 7) is 0. The molecular formula is C36H20N4. The van der Waals surface area contributed by atoms with Gasteiger partial charge >= 0.3 is 0 Å². The number of aromatic nitrogens is 2. The summed E-state index contributed by atoms with van der Waals surface area (Å²) in [6, 6.07) is 46.2. The van der Waals surface area contributed by atoms with E-state index in [0.717, 1.165) is 55.0 Å². The predicted molar refractivity (Wildman–Crippen MR) is 162 cm³/mol. The van der Waals surface area contributed by atoms with Crippen LogP contribution in [0.1, 0.15) is 11.1 Å². The molecule has 0 saturated heterocycles. The summed E-state index contributed by atoms with van der Waals surface area (Å²) in [5, 5.41) is 26.5. The molecule has 0 radical (unpaired) electrons. The number of nitrogens with zero attached hydrogens (tertiary/aromatic N) is 4. The lowest BCUT2D eigenvalue weighted by Crippen LogP contribution is -1.99. The van der Waals surface area contributed by atoms with E-state index in [1.807, 2.05) is 6.07 Å². The molecule has 40 heavy (non-hydrogen) atoms. The Morgan fingerprint density at radius 1 is 0.475 bits per heavy atom. The summed E-state index contributed by atoms with van der Waals surface area (Å²) in [5.41, 5.74) is 7.15. The summed E-state index contributed by atoms with van der Waals surface area (Å²) in [5.74, 6) is 0. The molecule has 0 bridgehead atoms. The van der Waals surface area contributed by atoms with Crippen LogP contribution in [0.4, 0.5) is 0 Å². The lowest BCUT2D eigenvalue weighted by Gasteiger charge is -2.11. The van der Waals surface area contributed by atoms with Gasteiger partial charge in [0, 0.05) is 27.2 Å². The van der Waals surface area contributed by atoms with Crippen LogP contribution < -0.4 is 0 Å². The van der Waals surface area contributed by atoms with Gasteiger partial charge in [-0.05, 0) is 65.4 Å². The van der Waals surface area contributed by atoms with Crippen LogP contribution in [0.25, 0.3) is 65.8 Å². The highest BCUT2D eigenvalue weighted by molar-refractivity contribution is 6.22. The van der Waals surface area contributed by atoms with Crippen molar-refractivity contribution in [3.8, 4) is 23.5 Å². The third-order valence-electron chi connectivity index (χ3n) is 7.96. The number of hydrogen-bond donors (Lipinski definition) is 0. The fraction of sp³-hybridized carbons (Fsp3) is 0. The predicted octanol–water partition coefficient (Wildman–Crippen LogP) is 8.78. The van der Waals surface area contributed by atoms with Gasteiger partial charge in [0.1, 0.15) is 6.07 Å². The fourth-order valence-electron chi connectivity index (χ4n) is 6.27. The van der Waals surface area contributed by atoms with Gasteiger partial charge in [0.2, 0.25) is 0 Å². The van der Waals surface area contributed by atoms with Crippen molar-refractivity contribution in [2.45, 2.75) is 0 Å². The first kappa shape index (κ1) is 22.2. The molecule has 4 nitrogen and oxygen atoms in total. The van der Waals surface area contributed by atoms with Gasteiger partial charge in [-0.25, -0.2) is 0 Å². The molecule has 6 aromatic carbocycles. The molecule has 8 aromatic rings. The van der Waals surface area contributed by atoms with Crippen molar-refractivity contribution in [2.75, 3.05) is 0 Å². The lowest BCUT2D eigenvalue weighted by atomic mass is 10.0. The highest BCUT2D eigenvalue weighted by atomic mass is 15.0. The Balaban J connectivity index is 1.53. The van der Waals surface area contributed by atoms with E-state index in [4.69, 9.17) is 0 Å². The monoisotopic (exact) mass is 508 g/mol. The van der Waals surface area contributed by atoms with Crippen LogP contribution >= 0.6 is 0 Å². The molecule has 4 heteroatoms. The zero-order valence-electron chi connectivity index (χ0n) is 21.3. The van der Waals surface area contributed by atoms with Crippen LogP contribution in [0.3, 0.4) is 0 Å². The second kappa shape index (κ2) is 8.33. The van der Waals surface area contributed by atoms with Gasteiger partial charge in [-0.2, -0.15) is 10.5 Å². The molecule has 0 saturated carbocycles. The molecule has 2 heterocycles. The van der Waals surface area contributed by atoms with Crippen LogP contribution in [0.5, 0.6) is 0 Å². The molecule has 2 aromatic heterocycles. The van der Waals surface area contributed by atoms with Crippen molar-refractivity contribution in [2.24, 2.45) is 0 Å². The first-order chi connectivity index (χ1) is 19.8. The second-order valence-corrected chi connectivity index (χ2v) is 10.0. The average molecular weight is 509 g/mol. The maximum absolute atomic E-state index is 10.0. The lowest BCUT2D eigenvalue weighted by molar-refractivity contribution is 1.16. The zero-order chi connectivity index (χ0) is 26.8. The largest absolute Gasteiger partial charge is 0.309 e. The van der Waals surface area contributed by atoms with E-state index >= 15 is 0 Å². The molecule has 184 valence electrons. The number of benzene rings is 6. The molecular weight excluding hydrogens is 488 g/mol. The minimum atomic E-state index is 0.470. The molecule has 0 aliphatic rings. The van der Waals surface area contributed by atoms with Gasteiger partial charge in [0.25, 0.3) is 0 Å². The van der Waals surface area contributed by atoms with E-state index in [1.165, 1.54) is 10.8 Å². The van der Waals surface area contributed by atoms with Crippen LogP contribution in [0, 0.1) is 22.7 Å². The van der Waals surface area contributed by atoms with Crippen molar-refractivity contribution in [3.05, 3.63) is 132 Å². The Hall–Kier alpha value is -5.84. The van der Waals surface area contributed by atoms with Crippen LogP contribution in [-0.4, -0.2) is 9.13 Å². The quantitative estimate of drug-likeness (QED) is 0.234. The van der Waals surface area contributed by atoms with Crippen molar-refractivity contribution in [3.63, 3.8) is 0 Å². The minimum Gasteiger partial charge on any atom is -0.309 e. The third kappa shape index (κ3) is 2.99. The molecule has 0 fully saturated rings. The summed E-state index contributed by atoms with van der Waals surface area (Å²) in [7, 11) is 0. The summed E-state index contributed by atoms with van der Waals surface area (Å²) in [4.78, 5) is 0. The Bertz CT molecular complexity index is 2350. The SMILES string of the molecule is N#Cc1ccc(-n2c3ccc(-n4c5ccccc5c5ccccc54)cc3c3c4ccccc4ccc32)c(C#N)c1. The van der Waals surface area contributed by atoms with Gasteiger partial charge in [-0.3, -0.25) is 0 Å². The number of fused-ring (bicyclic) bond motifs is 8. The second-order valence-electron chi connectivity index (χ2n) is 10.0. The molecule has 0 spiro atoms. The topological polar surface area (TPSA) is 57.4 Å². The fourth-order valence-corrected chi connectivity index (χ4v) is 6.27. The minimum absolute atomic E-state index is 0.470. The van der Waals surface area contributed by atoms with Crippen molar-refractivity contribution < 1.29 is 0 Å². The van der Waals surface area contributed by atoms with E-state index in [2.05, 4.69) is 124 Å². The molecule has 8 rings (SSSR count). The van der Waals surface area contributed by atoms with E-state index in [-0.39, 0.29) is 0 Å². The van der Waals surface area contributed by atoms with Crippen molar-refractivity contribution >= 4 is 54.4 Å². The first-order valence-corrected chi connectivity index (χ1v) is 13.2. The number of nitriles is 2. The molecule has 0 aliphatic carbocycles. The maximum Gasteiger partial charge on any atom is 0.101 e. The molecule has 0 unspecified atom stereocenters. The molecule has 0 aliphatic heterocycles. The summed E-state index contributed by atoms with van der Waals surface area (Å²) in [6.07, 6.45) is 0. The summed E-state index contributed by atoms with van der Waals surface area (Å²) >= 11 is 0. The van der Waals surface area contributed by atoms with E-state index in [0.29, 0.717) is 11.1 Å². The van der Waals surface area contributed by atoms with Gasteiger partial charge in [0.05, 0.1) is 45.0 Å². The van der Waals surface area contributed by atoms with E-state index < -0.39 is 0 Å². The molecule has 0 atom stereocenters. The van der Waals surface area contributed by atoms with E-state index in [1.54, 1.807) is 12.1 Å². The Labute approximate surface area is 229 Å². The van der Waals surface area contributed by atoms with Crippen molar-refractivity contribution in [1.29, 1.82) is 10.5 Å². The zero-order valence-corrected chi connectivity index (χ0v) is 21.3. The van der Waals surface area contributed by atoms with E-state index in [9.17, 15) is 10.5 Å². The highest BCUT2D eigenvalue weighted by Crippen LogP contribution is 2.40. The number of hydrogen-bond acceptors (Lipinski definition) is 2. The Kier molecular flexibility index (Phi) is 4.62. The van der Waals surface area contributed by atoms with Gasteiger partial charge in [-0.1, -0.05) is 66.7 Å². The smallest absolute Gasteiger partial charge is 0.101 e. The standard InChI is InChI=1S/C36H20N4/c37-21-23-13-16-31(25(19-23)22-38)40-34-18-15-26(20-30(34)36-27-8-2-1-7-24(27)14-17-35(36)40)39-32-11-5-3-9-28(32)29-10-4-6-12-33(29)39/h1-20H. The molecule has 0 amide bonds. The summed E-state index contributed by atoms with van der Waals surface area (Å²) < 4.78 is 4.49. The number of para-hydroxylation sites is 2. The van der Waals surface area contributed by atoms with Gasteiger partial charge in [0.15, 0.2) is 0 Å². The van der Waals surface area contributed by atoms with Gasteiger partial charge < -0.3 is 9.13 Å². The van der Waals surface area contributed by atoms with Crippen LogP contribution in [0.15, 0.2) is 121 Å².